The van der Waals surface area contributed by atoms with Crippen LogP contribution in [0.3, 0.4) is 0 Å². The number of nitrogens with two attached hydrogens (primary N) is 1. The van der Waals surface area contributed by atoms with E-state index in [1.54, 1.807) is 11.6 Å². The van der Waals surface area contributed by atoms with Crippen LogP contribution in [-0.4, -0.2) is 19.9 Å². The van der Waals surface area contributed by atoms with Gasteiger partial charge in [0.15, 0.2) is 5.82 Å². The van der Waals surface area contributed by atoms with Gasteiger partial charge >= 0.3 is 0 Å². The van der Waals surface area contributed by atoms with Crippen molar-refractivity contribution in [2.45, 2.75) is 26.8 Å². The van der Waals surface area contributed by atoms with Crippen LogP contribution in [0.1, 0.15) is 24.3 Å². The molecule has 0 aliphatic heterocycles. The Hall–Kier alpha value is -2.05. The summed E-state index contributed by atoms with van der Waals surface area (Å²) in [6.07, 6.45) is 0.808. The summed E-state index contributed by atoms with van der Waals surface area (Å²) in [7, 11) is 1.85. The quantitative estimate of drug-likeness (QED) is 0.817. The van der Waals surface area contributed by atoms with Crippen LogP contribution in [0, 0.1) is 6.92 Å². The number of nitrogens with zero attached hydrogens (tertiary/aromatic N) is 4. The number of nitrogens with one attached hydrogen (secondary N) is 1. The fraction of sp³-hybridized carbons (Fsp3) is 0.500. The zero-order valence-corrected chi connectivity index (χ0v) is 10.2. The van der Waals surface area contributed by atoms with E-state index in [0.717, 1.165) is 17.9 Å². The minimum Gasteiger partial charge on any atom is -0.394 e. The molecular formula is C10H16N6O. The van der Waals surface area contributed by atoms with E-state index in [0.29, 0.717) is 23.9 Å². The lowest BCUT2D eigenvalue weighted by Gasteiger charge is -2.04. The third kappa shape index (κ3) is 2.22. The highest BCUT2D eigenvalue weighted by Crippen LogP contribution is 2.22. The molecule has 0 amide bonds. The SMILES string of the molecule is CCc1nn(C)c(NCc2noc(C)n2)c1N. The molecule has 2 aromatic heterocycles. The van der Waals surface area contributed by atoms with Gasteiger partial charge in [-0.05, 0) is 6.42 Å². The second kappa shape index (κ2) is 4.44. The molecule has 0 bridgehead atoms. The molecule has 2 aromatic rings. The van der Waals surface area contributed by atoms with Crippen molar-refractivity contribution in [1.29, 1.82) is 0 Å². The first kappa shape index (κ1) is 11.4. The Morgan fingerprint density at radius 1 is 1.47 bits per heavy atom. The van der Waals surface area contributed by atoms with E-state index in [4.69, 9.17) is 10.3 Å². The summed E-state index contributed by atoms with van der Waals surface area (Å²) in [5.74, 6) is 1.93. The predicted octanol–water partition coefficient (Wildman–Crippen LogP) is 0.868. The fourth-order valence-electron chi connectivity index (χ4n) is 1.64. The van der Waals surface area contributed by atoms with Gasteiger partial charge in [0.2, 0.25) is 5.89 Å². The van der Waals surface area contributed by atoms with Gasteiger partial charge in [0.25, 0.3) is 0 Å². The molecule has 7 nitrogen and oxygen atoms in total. The molecule has 0 aliphatic rings. The van der Waals surface area contributed by atoms with Gasteiger partial charge in [-0.3, -0.25) is 4.68 Å². The Kier molecular flexibility index (Phi) is 2.99. The Morgan fingerprint density at radius 2 is 2.24 bits per heavy atom. The molecule has 2 rings (SSSR count). The van der Waals surface area contributed by atoms with Gasteiger partial charge in [-0.25, -0.2) is 0 Å². The molecule has 0 fully saturated rings. The maximum atomic E-state index is 5.97. The second-order valence-corrected chi connectivity index (χ2v) is 3.77. The van der Waals surface area contributed by atoms with Crippen LogP contribution in [-0.2, 0) is 20.0 Å². The van der Waals surface area contributed by atoms with E-state index in [1.807, 2.05) is 14.0 Å². The van der Waals surface area contributed by atoms with Crippen molar-refractivity contribution >= 4 is 11.5 Å². The molecule has 0 saturated heterocycles. The zero-order valence-electron chi connectivity index (χ0n) is 10.2. The lowest BCUT2D eigenvalue weighted by atomic mass is 10.3. The summed E-state index contributed by atoms with van der Waals surface area (Å²) < 4.78 is 6.61. The van der Waals surface area contributed by atoms with Crippen LogP contribution in [0.15, 0.2) is 4.52 Å². The number of rotatable bonds is 4. The highest BCUT2D eigenvalue weighted by atomic mass is 16.5. The number of hydrogen-bond acceptors (Lipinski definition) is 6. The second-order valence-electron chi connectivity index (χ2n) is 3.77. The summed E-state index contributed by atoms with van der Waals surface area (Å²) in [6.45, 7) is 4.24. The Morgan fingerprint density at radius 3 is 2.76 bits per heavy atom. The van der Waals surface area contributed by atoms with E-state index in [9.17, 15) is 0 Å². The first-order chi connectivity index (χ1) is 8.11. The van der Waals surface area contributed by atoms with Gasteiger partial charge in [-0.1, -0.05) is 12.1 Å². The lowest BCUT2D eigenvalue weighted by Crippen LogP contribution is -2.07. The van der Waals surface area contributed by atoms with Crippen LogP contribution in [0.5, 0.6) is 0 Å². The van der Waals surface area contributed by atoms with Crippen molar-refractivity contribution in [2.75, 3.05) is 11.1 Å². The van der Waals surface area contributed by atoms with Crippen molar-refractivity contribution in [1.82, 2.24) is 19.9 Å². The largest absolute Gasteiger partial charge is 0.394 e. The number of nitrogen functional groups attached to an aromatic ring is 1. The third-order valence-electron chi connectivity index (χ3n) is 2.48. The molecule has 0 aromatic carbocycles. The average molecular weight is 236 g/mol. The first-order valence-corrected chi connectivity index (χ1v) is 5.46. The third-order valence-corrected chi connectivity index (χ3v) is 2.48. The molecule has 92 valence electrons. The summed E-state index contributed by atoms with van der Waals surface area (Å²) in [4.78, 5) is 4.10. The molecule has 3 N–H and O–H groups in total. The van der Waals surface area contributed by atoms with Crippen LogP contribution < -0.4 is 11.1 Å². The highest BCUT2D eigenvalue weighted by molar-refractivity contribution is 5.64. The normalized spacial score (nSPS) is 10.8. The summed E-state index contributed by atoms with van der Waals surface area (Å²) in [5.41, 5.74) is 7.54. The molecule has 0 atom stereocenters. The van der Waals surface area contributed by atoms with Crippen molar-refractivity contribution in [2.24, 2.45) is 7.05 Å². The molecule has 0 unspecified atom stereocenters. The molecular weight excluding hydrogens is 220 g/mol. The molecule has 0 spiro atoms. The molecule has 0 radical (unpaired) electrons. The molecule has 17 heavy (non-hydrogen) atoms. The highest BCUT2D eigenvalue weighted by Gasteiger charge is 2.12. The van der Waals surface area contributed by atoms with E-state index in [2.05, 4.69) is 20.6 Å². The Balaban J connectivity index is 2.11. The smallest absolute Gasteiger partial charge is 0.223 e. The zero-order chi connectivity index (χ0) is 12.4. The van der Waals surface area contributed by atoms with Crippen LogP contribution >= 0.6 is 0 Å². The summed E-state index contributed by atoms with van der Waals surface area (Å²) in [6, 6.07) is 0. The Bertz CT molecular complexity index is 515. The number of hydrogen-bond donors (Lipinski definition) is 2. The maximum Gasteiger partial charge on any atom is 0.223 e. The summed E-state index contributed by atoms with van der Waals surface area (Å²) in [5, 5.41) is 11.3. The number of anilines is 2. The lowest BCUT2D eigenvalue weighted by molar-refractivity contribution is 0.388. The minimum atomic E-state index is 0.463. The molecule has 2 heterocycles. The number of aromatic nitrogens is 4. The molecule has 0 saturated carbocycles. The van der Waals surface area contributed by atoms with Crippen molar-refractivity contribution in [3.63, 3.8) is 0 Å². The topological polar surface area (TPSA) is 94.8 Å². The molecule has 7 heteroatoms. The van der Waals surface area contributed by atoms with Crippen LogP contribution in [0.25, 0.3) is 0 Å². The van der Waals surface area contributed by atoms with Gasteiger partial charge in [-0.15, -0.1) is 0 Å². The standard InChI is InChI=1S/C10H16N6O/c1-4-7-9(11)10(16(3)14-7)12-5-8-13-6(2)17-15-8/h12H,4-5,11H2,1-3H3. The van der Waals surface area contributed by atoms with Crippen molar-refractivity contribution in [3.05, 3.63) is 17.4 Å². The van der Waals surface area contributed by atoms with E-state index >= 15 is 0 Å². The van der Waals surface area contributed by atoms with Crippen molar-refractivity contribution in [3.8, 4) is 0 Å². The van der Waals surface area contributed by atoms with Crippen LogP contribution in [0.4, 0.5) is 11.5 Å². The summed E-state index contributed by atoms with van der Waals surface area (Å²) >= 11 is 0. The minimum absolute atomic E-state index is 0.463. The van der Waals surface area contributed by atoms with Gasteiger partial charge in [0.1, 0.15) is 5.82 Å². The van der Waals surface area contributed by atoms with Crippen molar-refractivity contribution < 1.29 is 4.52 Å². The van der Waals surface area contributed by atoms with Gasteiger partial charge in [0, 0.05) is 14.0 Å². The van der Waals surface area contributed by atoms with E-state index in [1.165, 1.54) is 0 Å². The molecule has 0 aliphatic carbocycles. The number of aryl methyl sites for hydroxylation is 3. The average Bonchev–Trinajstić information content (AvgIpc) is 2.82. The first-order valence-electron chi connectivity index (χ1n) is 5.46. The van der Waals surface area contributed by atoms with Gasteiger partial charge in [0.05, 0.1) is 17.9 Å². The van der Waals surface area contributed by atoms with E-state index < -0.39 is 0 Å². The van der Waals surface area contributed by atoms with E-state index in [-0.39, 0.29) is 0 Å². The van der Waals surface area contributed by atoms with Gasteiger partial charge in [-0.2, -0.15) is 10.1 Å². The van der Waals surface area contributed by atoms with Gasteiger partial charge < -0.3 is 15.6 Å². The van der Waals surface area contributed by atoms with Crippen LogP contribution in [0.2, 0.25) is 0 Å². The maximum absolute atomic E-state index is 5.97. The Labute approximate surface area is 99.0 Å². The predicted molar refractivity (Wildman–Crippen MR) is 63.4 cm³/mol. The monoisotopic (exact) mass is 236 g/mol. The fourth-order valence-corrected chi connectivity index (χ4v) is 1.64.